The lowest BCUT2D eigenvalue weighted by molar-refractivity contribution is 0.0920. The van der Waals surface area contributed by atoms with Gasteiger partial charge in [-0.25, -0.2) is 0 Å². The highest BCUT2D eigenvalue weighted by Crippen LogP contribution is 2.20. The fourth-order valence-electron chi connectivity index (χ4n) is 2.29. The van der Waals surface area contributed by atoms with Gasteiger partial charge in [0.25, 0.3) is 0 Å². The van der Waals surface area contributed by atoms with Crippen LogP contribution in [0.4, 0.5) is 5.69 Å². The molecule has 0 bridgehead atoms. The predicted molar refractivity (Wildman–Crippen MR) is 79.5 cm³/mol. The van der Waals surface area contributed by atoms with Crippen LogP contribution in [0.1, 0.15) is 19.8 Å². The third kappa shape index (κ3) is 3.68. The molecule has 1 atom stereocenters. The second kappa shape index (κ2) is 6.71. The van der Waals surface area contributed by atoms with Gasteiger partial charge in [-0.1, -0.05) is 19.1 Å². The molecule has 1 aliphatic rings. The van der Waals surface area contributed by atoms with E-state index in [0.29, 0.717) is 6.10 Å². The normalized spacial score (nSPS) is 20.4. The molecule has 98 valence electrons. The summed E-state index contributed by atoms with van der Waals surface area (Å²) in [5.41, 5.74) is 2.51. The second-order valence-corrected chi connectivity index (χ2v) is 4.80. The molecule has 3 nitrogen and oxygen atoms in total. The van der Waals surface area contributed by atoms with Crippen LogP contribution >= 0.6 is 12.2 Å². The van der Waals surface area contributed by atoms with Gasteiger partial charge in [0.15, 0.2) is 0 Å². The zero-order valence-corrected chi connectivity index (χ0v) is 11.6. The molecule has 1 aromatic rings. The van der Waals surface area contributed by atoms with E-state index < -0.39 is 0 Å². The molecule has 1 N–H and O–H groups in total. The minimum atomic E-state index is 0.322. The van der Waals surface area contributed by atoms with E-state index in [2.05, 4.69) is 17.1 Å². The summed E-state index contributed by atoms with van der Waals surface area (Å²) in [7, 11) is 0. The summed E-state index contributed by atoms with van der Waals surface area (Å²) in [6.07, 6.45) is 2.70. The van der Waals surface area contributed by atoms with Crippen molar-refractivity contribution in [2.45, 2.75) is 25.9 Å². The number of nitrogens with zero attached hydrogens (tertiary/aromatic N) is 1. The Hall–Kier alpha value is -1.13. The molecule has 2 rings (SSSR count). The first-order valence-corrected chi connectivity index (χ1v) is 6.98. The molecule has 0 aromatic heterocycles. The third-order valence-corrected chi connectivity index (χ3v) is 3.41. The van der Waals surface area contributed by atoms with E-state index in [1.54, 1.807) is 0 Å². The van der Waals surface area contributed by atoms with Crippen molar-refractivity contribution < 1.29 is 4.74 Å². The average Bonchev–Trinajstić information content (AvgIpc) is 2.42. The first-order chi connectivity index (χ1) is 8.81. The van der Waals surface area contributed by atoms with Crippen LogP contribution < -0.4 is 10.1 Å². The number of piperidine rings is 1. The molecule has 0 saturated carbocycles. The number of nitrogens with one attached hydrogen (secondary N) is 1. The van der Waals surface area contributed by atoms with Gasteiger partial charge in [-0.15, -0.1) is 0 Å². The Bertz CT molecular complexity index is 380. The minimum Gasteiger partial charge on any atom is -0.489 e. The lowest BCUT2D eigenvalue weighted by Gasteiger charge is -2.32. The van der Waals surface area contributed by atoms with Gasteiger partial charge in [-0.05, 0) is 50.2 Å². The van der Waals surface area contributed by atoms with E-state index in [-0.39, 0.29) is 0 Å². The lowest BCUT2D eigenvalue weighted by atomic mass is 10.1. The van der Waals surface area contributed by atoms with E-state index in [1.807, 2.05) is 24.3 Å². The van der Waals surface area contributed by atoms with Gasteiger partial charge >= 0.3 is 0 Å². The number of rotatable bonds is 5. The topological polar surface area (TPSA) is 24.5 Å². The van der Waals surface area contributed by atoms with E-state index in [1.165, 1.54) is 18.5 Å². The van der Waals surface area contributed by atoms with E-state index >= 15 is 0 Å². The van der Waals surface area contributed by atoms with Crippen molar-refractivity contribution in [1.29, 1.82) is 0 Å². The van der Waals surface area contributed by atoms with Gasteiger partial charge in [0.2, 0.25) is 0 Å². The fraction of sp³-hybridized carbons (Fsp3) is 0.500. The summed E-state index contributed by atoms with van der Waals surface area (Å²) in [6.45, 7) is 5.55. The lowest BCUT2D eigenvalue weighted by Crippen LogP contribution is -2.40. The SMILES string of the molecule is CCN1CCCC(Oc2ccc(NC=S)cc2)C1. The highest BCUT2D eigenvalue weighted by atomic mass is 32.1. The Morgan fingerprint density at radius 3 is 2.89 bits per heavy atom. The molecule has 1 unspecified atom stereocenters. The van der Waals surface area contributed by atoms with Gasteiger partial charge in [-0.3, -0.25) is 4.90 Å². The van der Waals surface area contributed by atoms with E-state index in [4.69, 9.17) is 17.0 Å². The fourth-order valence-corrected chi connectivity index (χ4v) is 2.42. The summed E-state index contributed by atoms with van der Waals surface area (Å²) in [5, 5.41) is 2.98. The first kappa shape index (κ1) is 13.3. The van der Waals surface area contributed by atoms with Crippen LogP contribution in [-0.2, 0) is 0 Å². The zero-order valence-electron chi connectivity index (χ0n) is 10.8. The van der Waals surface area contributed by atoms with Crippen molar-refractivity contribution >= 4 is 23.4 Å². The summed E-state index contributed by atoms with van der Waals surface area (Å²) < 4.78 is 6.01. The number of likely N-dealkylation sites (tertiary alicyclic amines) is 1. The minimum absolute atomic E-state index is 0.322. The second-order valence-electron chi connectivity index (χ2n) is 4.56. The quantitative estimate of drug-likeness (QED) is 0.827. The maximum atomic E-state index is 6.01. The molecule has 1 fully saturated rings. The number of benzene rings is 1. The van der Waals surface area contributed by atoms with Gasteiger partial charge in [0.1, 0.15) is 11.9 Å². The van der Waals surface area contributed by atoms with E-state index in [0.717, 1.165) is 30.9 Å². The van der Waals surface area contributed by atoms with Crippen LogP contribution in [0.15, 0.2) is 24.3 Å². The predicted octanol–water partition coefficient (Wildman–Crippen LogP) is 2.92. The largest absolute Gasteiger partial charge is 0.489 e. The monoisotopic (exact) mass is 264 g/mol. The highest BCUT2D eigenvalue weighted by molar-refractivity contribution is 7.79. The van der Waals surface area contributed by atoms with E-state index in [9.17, 15) is 0 Å². The van der Waals surface area contributed by atoms with Crippen LogP contribution in [0.3, 0.4) is 0 Å². The van der Waals surface area contributed by atoms with Crippen molar-refractivity contribution in [3.63, 3.8) is 0 Å². The molecule has 0 spiro atoms. The standard InChI is InChI=1S/C14H20N2OS/c1-2-16-9-3-4-14(10-16)17-13-7-5-12(6-8-13)15-11-18/h5-8,11,14H,2-4,9-10H2,1H3,(H,15,18). The van der Waals surface area contributed by atoms with Crippen LogP contribution in [0.2, 0.25) is 0 Å². The van der Waals surface area contributed by atoms with Crippen LogP contribution in [0, 0.1) is 0 Å². The Kier molecular flexibility index (Phi) is 4.96. The van der Waals surface area contributed by atoms with Crippen LogP contribution in [0.5, 0.6) is 5.75 Å². The zero-order chi connectivity index (χ0) is 12.8. The summed E-state index contributed by atoms with van der Waals surface area (Å²) in [5.74, 6) is 0.938. The first-order valence-electron chi connectivity index (χ1n) is 6.51. The molecule has 1 heterocycles. The number of anilines is 1. The molecule has 0 radical (unpaired) electrons. The molecule has 1 saturated heterocycles. The van der Waals surface area contributed by atoms with Gasteiger partial charge in [-0.2, -0.15) is 0 Å². The van der Waals surface area contributed by atoms with Crippen molar-refractivity contribution in [2.24, 2.45) is 0 Å². The Balaban J connectivity index is 1.90. The van der Waals surface area contributed by atoms with Gasteiger partial charge < -0.3 is 10.1 Å². The molecule has 1 aliphatic heterocycles. The Morgan fingerprint density at radius 1 is 1.44 bits per heavy atom. The maximum absolute atomic E-state index is 6.01. The average molecular weight is 264 g/mol. The van der Waals surface area contributed by atoms with Gasteiger partial charge in [0.05, 0.1) is 5.49 Å². The number of ether oxygens (including phenoxy) is 1. The highest BCUT2D eigenvalue weighted by Gasteiger charge is 2.19. The van der Waals surface area contributed by atoms with Crippen molar-refractivity contribution in [2.75, 3.05) is 25.0 Å². The van der Waals surface area contributed by atoms with Crippen LogP contribution in [0.25, 0.3) is 0 Å². The smallest absolute Gasteiger partial charge is 0.119 e. The van der Waals surface area contributed by atoms with Gasteiger partial charge in [0, 0.05) is 12.2 Å². The number of hydrogen-bond acceptors (Lipinski definition) is 3. The molecular weight excluding hydrogens is 244 g/mol. The summed E-state index contributed by atoms with van der Waals surface area (Å²) in [4.78, 5) is 2.44. The molecule has 1 aromatic carbocycles. The number of hydrogen-bond donors (Lipinski definition) is 1. The molecule has 4 heteroatoms. The molecule has 0 aliphatic carbocycles. The van der Waals surface area contributed by atoms with Crippen molar-refractivity contribution in [1.82, 2.24) is 4.90 Å². The molecular formula is C14H20N2OS. The molecule has 18 heavy (non-hydrogen) atoms. The Morgan fingerprint density at radius 2 is 2.22 bits per heavy atom. The Labute approximate surface area is 114 Å². The molecule has 0 amide bonds. The van der Waals surface area contributed by atoms with Crippen molar-refractivity contribution in [3.8, 4) is 5.75 Å². The maximum Gasteiger partial charge on any atom is 0.119 e. The third-order valence-electron chi connectivity index (χ3n) is 3.29. The van der Waals surface area contributed by atoms with Crippen molar-refractivity contribution in [3.05, 3.63) is 24.3 Å². The number of thiocarbonyl (C=S) groups is 1. The summed E-state index contributed by atoms with van der Waals surface area (Å²) >= 11 is 4.75. The number of likely N-dealkylation sites (N-methyl/N-ethyl adjacent to an activating group) is 1. The van der Waals surface area contributed by atoms with Crippen LogP contribution in [-0.4, -0.2) is 36.1 Å². The summed E-state index contributed by atoms with van der Waals surface area (Å²) in [6, 6.07) is 7.95.